The highest BCUT2D eigenvalue weighted by Crippen LogP contribution is 2.32. The van der Waals surface area contributed by atoms with Gasteiger partial charge in [-0.2, -0.15) is 4.31 Å². The van der Waals surface area contributed by atoms with Crippen molar-refractivity contribution in [2.45, 2.75) is 38.6 Å². The molecule has 1 saturated heterocycles. The fourth-order valence-corrected chi connectivity index (χ4v) is 5.74. The Bertz CT molecular complexity index is 537. The molecule has 1 fully saturated rings. The van der Waals surface area contributed by atoms with Gasteiger partial charge in [0, 0.05) is 24.5 Å². The summed E-state index contributed by atoms with van der Waals surface area (Å²) < 4.78 is 27.1. The molecule has 0 bridgehead atoms. The molecule has 108 valence electrons. The first kappa shape index (κ1) is 15.0. The Morgan fingerprint density at radius 3 is 2.84 bits per heavy atom. The Morgan fingerprint density at radius 2 is 2.26 bits per heavy atom. The first-order valence-corrected chi connectivity index (χ1v) is 9.06. The van der Waals surface area contributed by atoms with Crippen LogP contribution in [0.2, 0.25) is 0 Å². The lowest BCUT2D eigenvalue weighted by Gasteiger charge is -2.17. The third-order valence-electron chi connectivity index (χ3n) is 3.51. The van der Waals surface area contributed by atoms with E-state index >= 15 is 0 Å². The summed E-state index contributed by atoms with van der Waals surface area (Å²) in [5, 5.41) is 5.16. The summed E-state index contributed by atoms with van der Waals surface area (Å²) in [6.45, 7) is 8.80. The van der Waals surface area contributed by atoms with Crippen LogP contribution in [0.15, 0.2) is 10.3 Å². The molecule has 2 heterocycles. The molecule has 0 radical (unpaired) electrons. The number of sulfonamides is 1. The van der Waals surface area contributed by atoms with Gasteiger partial charge in [-0.1, -0.05) is 13.8 Å². The first-order valence-electron chi connectivity index (χ1n) is 6.74. The van der Waals surface area contributed by atoms with Crippen LogP contribution < -0.4 is 5.32 Å². The number of rotatable bonds is 5. The van der Waals surface area contributed by atoms with Gasteiger partial charge in [-0.25, -0.2) is 8.42 Å². The fraction of sp³-hybridized carbons (Fsp3) is 0.692. The third-order valence-corrected chi connectivity index (χ3v) is 6.84. The smallest absolute Gasteiger partial charge is 0.244 e. The van der Waals surface area contributed by atoms with Crippen molar-refractivity contribution in [3.63, 3.8) is 0 Å². The molecule has 1 aromatic rings. The van der Waals surface area contributed by atoms with E-state index in [0.29, 0.717) is 30.4 Å². The molecule has 2 rings (SSSR count). The van der Waals surface area contributed by atoms with Gasteiger partial charge in [-0.05, 0) is 36.8 Å². The van der Waals surface area contributed by atoms with Gasteiger partial charge in [0.15, 0.2) is 0 Å². The summed E-state index contributed by atoms with van der Waals surface area (Å²) in [6.07, 6.45) is 0.963. The number of thiophene rings is 1. The van der Waals surface area contributed by atoms with Crippen LogP contribution in [0.1, 0.15) is 30.7 Å². The Hall–Kier alpha value is -0.430. The molecule has 1 aliphatic rings. The summed E-state index contributed by atoms with van der Waals surface area (Å²) in [5.74, 6) is 0.464. The molecule has 19 heavy (non-hydrogen) atoms. The van der Waals surface area contributed by atoms with Crippen LogP contribution in [-0.2, 0) is 16.6 Å². The predicted molar refractivity (Wildman–Crippen MR) is 79.0 cm³/mol. The zero-order valence-corrected chi connectivity index (χ0v) is 13.4. The van der Waals surface area contributed by atoms with Crippen molar-refractivity contribution >= 4 is 21.4 Å². The molecule has 1 N–H and O–H groups in total. The Kier molecular flexibility index (Phi) is 4.66. The second-order valence-electron chi connectivity index (χ2n) is 5.21. The van der Waals surface area contributed by atoms with Crippen LogP contribution in [0.25, 0.3) is 0 Å². The van der Waals surface area contributed by atoms with Gasteiger partial charge in [-0.15, -0.1) is 11.3 Å². The minimum atomic E-state index is -3.32. The standard InChI is InChI=1S/C13H22N2O2S2/c1-4-14-7-12-13(11(3)9-18-12)19(16,17)15-6-5-10(2)8-15/h9-10,14H,4-8H2,1-3H3. The van der Waals surface area contributed by atoms with E-state index < -0.39 is 10.0 Å². The van der Waals surface area contributed by atoms with E-state index in [9.17, 15) is 8.42 Å². The summed E-state index contributed by atoms with van der Waals surface area (Å²) in [5.41, 5.74) is 0.873. The SMILES string of the molecule is CCNCc1scc(C)c1S(=O)(=O)N1CCC(C)C1. The quantitative estimate of drug-likeness (QED) is 0.907. The summed E-state index contributed by atoms with van der Waals surface area (Å²) in [7, 11) is -3.32. The van der Waals surface area contributed by atoms with Crippen molar-refractivity contribution in [3.8, 4) is 0 Å². The molecular weight excluding hydrogens is 280 g/mol. The number of aryl methyl sites for hydroxylation is 1. The van der Waals surface area contributed by atoms with E-state index in [4.69, 9.17) is 0 Å². The van der Waals surface area contributed by atoms with E-state index in [0.717, 1.165) is 23.4 Å². The highest BCUT2D eigenvalue weighted by molar-refractivity contribution is 7.89. The number of nitrogens with zero attached hydrogens (tertiary/aromatic N) is 1. The molecule has 1 unspecified atom stereocenters. The topological polar surface area (TPSA) is 49.4 Å². The summed E-state index contributed by atoms with van der Waals surface area (Å²) >= 11 is 1.53. The molecule has 1 aromatic heterocycles. The van der Waals surface area contributed by atoms with Gasteiger partial charge in [0.1, 0.15) is 4.90 Å². The Morgan fingerprint density at radius 1 is 1.53 bits per heavy atom. The molecular formula is C13H22N2O2S2. The molecule has 0 aromatic carbocycles. The minimum absolute atomic E-state index is 0.464. The molecule has 0 aliphatic carbocycles. The zero-order chi connectivity index (χ0) is 14.0. The van der Waals surface area contributed by atoms with Crippen LogP contribution in [0, 0.1) is 12.8 Å². The average molecular weight is 302 g/mol. The van der Waals surface area contributed by atoms with Crippen molar-refractivity contribution in [2.75, 3.05) is 19.6 Å². The second-order valence-corrected chi connectivity index (χ2v) is 8.05. The summed E-state index contributed by atoms with van der Waals surface area (Å²) in [4.78, 5) is 1.46. The maximum atomic E-state index is 12.8. The van der Waals surface area contributed by atoms with Gasteiger partial charge in [0.05, 0.1) is 0 Å². The van der Waals surface area contributed by atoms with Crippen LogP contribution in [0.5, 0.6) is 0 Å². The average Bonchev–Trinajstić information content (AvgIpc) is 2.93. The van der Waals surface area contributed by atoms with Gasteiger partial charge in [0.25, 0.3) is 0 Å². The van der Waals surface area contributed by atoms with E-state index in [2.05, 4.69) is 12.2 Å². The van der Waals surface area contributed by atoms with Crippen LogP contribution in [-0.4, -0.2) is 32.4 Å². The van der Waals surface area contributed by atoms with Crippen molar-refractivity contribution in [1.29, 1.82) is 0 Å². The Labute approximate surface area is 119 Å². The predicted octanol–water partition coefficient (Wildman–Crippen LogP) is 2.20. The normalized spacial score (nSPS) is 21.1. The molecule has 6 heteroatoms. The molecule has 4 nitrogen and oxygen atoms in total. The van der Waals surface area contributed by atoms with Gasteiger partial charge in [-0.3, -0.25) is 0 Å². The van der Waals surface area contributed by atoms with Gasteiger partial charge < -0.3 is 5.32 Å². The van der Waals surface area contributed by atoms with E-state index in [1.54, 1.807) is 4.31 Å². The van der Waals surface area contributed by atoms with Crippen LogP contribution >= 0.6 is 11.3 Å². The largest absolute Gasteiger partial charge is 0.312 e. The highest BCUT2D eigenvalue weighted by atomic mass is 32.2. The van der Waals surface area contributed by atoms with E-state index in [1.165, 1.54) is 11.3 Å². The number of hydrogen-bond acceptors (Lipinski definition) is 4. The fourth-order valence-electron chi connectivity index (χ4n) is 2.44. The maximum absolute atomic E-state index is 12.8. The number of hydrogen-bond donors (Lipinski definition) is 1. The minimum Gasteiger partial charge on any atom is -0.312 e. The second kappa shape index (κ2) is 5.91. The van der Waals surface area contributed by atoms with Crippen molar-refractivity contribution in [1.82, 2.24) is 9.62 Å². The lowest BCUT2D eigenvalue weighted by atomic mass is 10.2. The zero-order valence-electron chi connectivity index (χ0n) is 11.8. The van der Waals surface area contributed by atoms with E-state index in [-0.39, 0.29) is 0 Å². The highest BCUT2D eigenvalue weighted by Gasteiger charge is 2.33. The number of nitrogens with one attached hydrogen (secondary N) is 1. The van der Waals surface area contributed by atoms with Crippen molar-refractivity contribution in [2.24, 2.45) is 5.92 Å². The van der Waals surface area contributed by atoms with Gasteiger partial charge >= 0.3 is 0 Å². The monoisotopic (exact) mass is 302 g/mol. The van der Waals surface area contributed by atoms with E-state index in [1.807, 2.05) is 19.2 Å². The Balaban J connectivity index is 2.32. The molecule has 0 amide bonds. The van der Waals surface area contributed by atoms with Crippen LogP contribution in [0.3, 0.4) is 0 Å². The van der Waals surface area contributed by atoms with Crippen LogP contribution in [0.4, 0.5) is 0 Å². The molecule has 1 atom stereocenters. The maximum Gasteiger partial charge on any atom is 0.244 e. The molecule has 0 spiro atoms. The lowest BCUT2D eigenvalue weighted by molar-refractivity contribution is 0.463. The first-order chi connectivity index (χ1) is 8.96. The van der Waals surface area contributed by atoms with Crippen molar-refractivity contribution < 1.29 is 8.42 Å². The summed E-state index contributed by atoms with van der Waals surface area (Å²) in [6, 6.07) is 0. The third kappa shape index (κ3) is 3.02. The van der Waals surface area contributed by atoms with Gasteiger partial charge in [0.2, 0.25) is 10.0 Å². The lowest BCUT2D eigenvalue weighted by Crippen LogP contribution is -2.30. The van der Waals surface area contributed by atoms with Crippen molar-refractivity contribution in [3.05, 3.63) is 15.8 Å². The molecule has 0 saturated carbocycles. The molecule has 1 aliphatic heterocycles.